The Morgan fingerprint density at radius 1 is 1.13 bits per heavy atom. The second kappa shape index (κ2) is 7.85. The van der Waals surface area contributed by atoms with E-state index < -0.39 is 5.60 Å². The van der Waals surface area contributed by atoms with Gasteiger partial charge in [-0.05, 0) is 91.8 Å². The van der Waals surface area contributed by atoms with Crippen LogP contribution in [0.5, 0.6) is 0 Å². The average molecular weight is 425 g/mol. The highest BCUT2D eigenvalue weighted by molar-refractivity contribution is 5.92. The summed E-state index contributed by atoms with van der Waals surface area (Å²) in [5.74, 6) is 1.57. The number of carbonyl (C=O) groups is 1. The van der Waals surface area contributed by atoms with Crippen LogP contribution in [0, 0.1) is 34.5 Å². The molecule has 0 radical (unpaired) electrons. The topological polar surface area (TPSA) is 57.5 Å². The fourth-order valence-corrected chi connectivity index (χ4v) is 7.16. The first-order valence-corrected chi connectivity index (χ1v) is 12.2. The minimum absolute atomic E-state index is 0.0344. The van der Waals surface area contributed by atoms with Crippen molar-refractivity contribution in [2.45, 2.75) is 78.7 Å². The van der Waals surface area contributed by atoms with Gasteiger partial charge in [0, 0.05) is 12.3 Å². The average Bonchev–Trinajstić information content (AvgIpc) is 3.05. The minimum Gasteiger partial charge on any atom is -0.396 e. The molecule has 0 bridgehead atoms. The van der Waals surface area contributed by atoms with E-state index in [1.165, 1.54) is 31.3 Å². The largest absolute Gasteiger partial charge is 0.396 e. The Hall–Kier alpha value is -1.45. The Balaban J connectivity index is 1.63. The molecule has 6 atom stereocenters. The lowest BCUT2D eigenvalue weighted by molar-refractivity contribution is -0.116. The smallest absolute Gasteiger partial charge is 0.156 e. The van der Waals surface area contributed by atoms with Gasteiger partial charge < -0.3 is 10.2 Å². The molecule has 0 unspecified atom stereocenters. The van der Waals surface area contributed by atoms with Crippen LogP contribution in [0.15, 0.2) is 47.1 Å². The first-order valence-electron chi connectivity index (χ1n) is 12.2. The summed E-state index contributed by atoms with van der Waals surface area (Å²) in [6, 6.07) is 0. The van der Waals surface area contributed by atoms with Crippen molar-refractivity contribution in [3.63, 3.8) is 0 Å². The SMILES string of the molecule is C[C@H](/C=C/[C@H](CO)C(C)(C)O)[C@H]1CCC2=C3C=CC4=CC(=O)CC[C@]4(C)[C@H]3CC[C@@]21C. The van der Waals surface area contributed by atoms with E-state index in [1.54, 1.807) is 25.0 Å². The summed E-state index contributed by atoms with van der Waals surface area (Å²) in [5, 5.41) is 20.0. The Bertz CT molecular complexity index is 867. The van der Waals surface area contributed by atoms with Gasteiger partial charge in [0.05, 0.1) is 12.2 Å². The van der Waals surface area contributed by atoms with Crippen molar-refractivity contribution in [3.05, 3.63) is 47.1 Å². The van der Waals surface area contributed by atoms with Gasteiger partial charge in [-0.2, -0.15) is 0 Å². The molecule has 0 saturated heterocycles. The number of allylic oxidation sites excluding steroid dienone is 7. The third kappa shape index (κ3) is 3.72. The van der Waals surface area contributed by atoms with Gasteiger partial charge in [-0.1, -0.05) is 50.6 Å². The number of hydrogen-bond acceptors (Lipinski definition) is 3. The number of rotatable bonds is 5. The number of fused-ring (bicyclic) bond motifs is 4. The summed E-state index contributed by atoms with van der Waals surface area (Å²) in [4.78, 5) is 12.0. The second-order valence-electron chi connectivity index (χ2n) is 11.6. The fraction of sp³-hybridized carbons (Fsp3) is 0.679. The van der Waals surface area contributed by atoms with E-state index in [4.69, 9.17) is 0 Å². The van der Waals surface area contributed by atoms with Gasteiger partial charge >= 0.3 is 0 Å². The van der Waals surface area contributed by atoms with Crippen LogP contribution in [0.1, 0.15) is 73.1 Å². The summed E-state index contributed by atoms with van der Waals surface area (Å²) >= 11 is 0. The number of hydrogen-bond donors (Lipinski definition) is 2. The third-order valence-electron chi connectivity index (χ3n) is 9.35. The molecule has 4 aliphatic carbocycles. The zero-order valence-electron chi connectivity index (χ0n) is 19.9. The summed E-state index contributed by atoms with van der Waals surface area (Å²) < 4.78 is 0. The van der Waals surface area contributed by atoms with E-state index in [0.717, 1.165) is 6.42 Å². The molecule has 0 amide bonds. The van der Waals surface area contributed by atoms with Crippen molar-refractivity contribution in [3.8, 4) is 0 Å². The molecule has 31 heavy (non-hydrogen) atoms. The van der Waals surface area contributed by atoms with Crippen molar-refractivity contribution < 1.29 is 15.0 Å². The van der Waals surface area contributed by atoms with Crippen LogP contribution >= 0.6 is 0 Å². The van der Waals surface area contributed by atoms with Crippen LogP contribution in [-0.2, 0) is 4.79 Å². The molecule has 3 nitrogen and oxygen atoms in total. The first-order chi connectivity index (χ1) is 14.5. The summed E-state index contributed by atoms with van der Waals surface area (Å²) in [6.45, 7) is 10.7. The van der Waals surface area contributed by atoms with E-state index in [-0.39, 0.29) is 29.1 Å². The van der Waals surface area contributed by atoms with Gasteiger partial charge in [-0.25, -0.2) is 0 Å². The maximum Gasteiger partial charge on any atom is 0.156 e. The van der Waals surface area contributed by atoms with Crippen LogP contribution in [-0.4, -0.2) is 28.2 Å². The Morgan fingerprint density at radius 2 is 1.87 bits per heavy atom. The van der Waals surface area contributed by atoms with Crippen LogP contribution in [0.3, 0.4) is 0 Å². The van der Waals surface area contributed by atoms with Crippen LogP contribution in [0.4, 0.5) is 0 Å². The number of ketones is 1. The molecule has 1 fully saturated rings. The van der Waals surface area contributed by atoms with Crippen molar-refractivity contribution in [1.82, 2.24) is 0 Å². The molecule has 2 N–H and O–H groups in total. The Labute approximate surface area is 188 Å². The third-order valence-corrected chi connectivity index (χ3v) is 9.35. The van der Waals surface area contributed by atoms with Crippen LogP contribution in [0.2, 0.25) is 0 Å². The molecule has 0 aromatic rings. The summed E-state index contributed by atoms with van der Waals surface area (Å²) in [6.07, 6.45) is 17.2. The maximum atomic E-state index is 12.0. The number of carbonyl (C=O) groups excluding carboxylic acids is 1. The molecule has 0 aliphatic heterocycles. The second-order valence-corrected chi connectivity index (χ2v) is 11.6. The zero-order valence-corrected chi connectivity index (χ0v) is 19.9. The molecule has 0 aromatic heterocycles. The molecular weight excluding hydrogens is 384 g/mol. The van der Waals surface area contributed by atoms with Gasteiger partial charge in [0.15, 0.2) is 5.78 Å². The Kier molecular flexibility index (Phi) is 5.75. The molecule has 0 spiro atoms. The van der Waals surface area contributed by atoms with Crippen molar-refractivity contribution in [2.24, 2.45) is 34.5 Å². The van der Waals surface area contributed by atoms with Crippen LogP contribution in [0.25, 0.3) is 0 Å². The van der Waals surface area contributed by atoms with Gasteiger partial charge in [0.25, 0.3) is 0 Å². The summed E-state index contributed by atoms with van der Waals surface area (Å²) in [7, 11) is 0. The molecule has 0 heterocycles. The molecular formula is C28H40O3. The molecule has 170 valence electrons. The van der Waals surface area contributed by atoms with Crippen molar-refractivity contribution in [1.29, 1.82) is 0 Å². The Morgan fingerprint density at radius 3 is 2.55 bits per heavy atom. The lowest BCUT2D eigenvalue weighted by Gasteiger charge is -2.51. The quantitative estimate of drug-likeness (QED) is 0.569. The summed E-state index contributed by atoms with van der Waals surface area (Å²) in [5.41, 5.74) is 3.87. The lowest BCUT2D eigenvalue weighted by Crippen LogP contribution is -2.41. The maximum absolute atomic E-state index is 12.0. The van der Waals surface area contributed by atoms with Gasteiger partial charge in [-0.15, -0.1) is 0 Å². The van der Waals surface area contributed by atoms with E-state index in [1.807, 2.05) is 12.2 Å². The molecule has 3 heteroatoms. The molecule has 1 saturated carbocycles. The predicted molar refractivity (Wildman–Crippen MR) is 125 cm³/mol. The highest BCUT2D eigenvalue weighted by Crippen LogP contribution is 2.63. The standard InChI is InChI=1S/C28H40O3/c1-18(6-7-20(17-29)26(2,3)31)23-10-11-24-22-9-8-19-16-21(30)12-14-27(19,4)25(22)13-15-28(23,24)5/h6-9,16,18,20,23,25,29,31H,10-15,17H2,1-5H3/b7-6+/t18-,20-,23-,25+,27+,28-/m1/s1. The van der Waals surface area contributed by atoms with Gasteiger partial charge in [-0.3, -0.25) is 4.79 Å². The van der Waals surface area contributed by atoms with Crippen LogP contribution < -0.4 is 0 Å². The fourth-order valence-electron chi connectivity index (χ4n) is 7.16. The van der Waals surface area contributed by atoms with E-state index in [0.29, 0.717) is 24.2 Å². The lowest BCUT2D eigenvalue weighted by atomic mass is 9.53. The normalized spacial score (nSPS) is 37.4. The highest BCUT2D eigenvalue weighted by atomic mass is 16.3. The molecule has 0 aromatic carbocycles. The molecule has 4 rings (SSSR count). The van der Waals surface area contributed by atoms with Gasteiger partial charge in [0.1, 0.15) is 0 Å². The minimum atomic E-state index is -0.912. The monoisotopic (exact) mass is 424 g/mol. The van der Waals surface area contributed by atoms with Crippen molar-refractivity contribution >= 4 is 5.78 Å². The van der Waals surface area contributed by atoms with E-state index >= 15 is 0 Å². The van der Waals surface area contributed by atoms with Crippen molar-refractivity contribution in [2.75, 3.05) is 6.61 Å². The zero-order chi connectivity index (χ0) is 22.6. The van der Waals surface area contributed by atoms with E-state index in [9.17, 15) is 15.0 Å². The first kappa shape index (κ1) is 22.7. The number of aliphatic hydroxyl groups is 2. The van der Waals surface area contributed by atoms with Gasteiger partial charge in [0.2, 0.25) is 0 Å². The molecule has 4 aliphatic rings. The number of aliphatic hydroxyl groups excluding tert-OH is 1. The van der Waals surface area contributed by atoms with E-state index in [2.05, 4.69) is 39.0 Å². The highest BCUT2D eigenvalue weighted by Gasteiger charge is 2.53. The predicted octanol–water partition coefficient (Wildman–Crippen LogP) is 5.55.